The highest BCUT2D eigenvalue weighted by Crippen LogP contribution is 2.30. The number of aryl methyl sites for hydroxylation is 1. The first-order valence-corrected chi connectivity index (χ1v) is 6.16. The van der Waals surface area contributed by atoms with Crippen molar-refractivity contribution in [2.24, 2.45) is 27.2 Å². The van der Waals surface area contributed by atoms with Gasteiger partial charge in [-0.15, -0.1) is 0 Å². The maximum Gasteiger partial charge on any atom is 0.223 e. The van der Waals surface area contributed by atoms with Gasteiger partial charge in [-0.3, -0.25) is 0 Å². The molecule has 0 aliphatic carbocycles. The third kappa shape index (κ3) is 3.35. The Balaban J connectivity index is 2.49. The highest BCUT2D eigenvalue weighted by Gasteiger charge is 2.04. The first-order chi connectivity index (χ1) is 9.56. The Hall–Kier alpha value is -2.82. The van der Waals surface area contributed by atoms with Gasteiger partial charge in [-0.05, 0) is 18.6 Å². The zero-order valence-electron chi connectivity index (χ0n) is 11.2. The van der Waals surface area contributed by atoms with Crippen LogP contribution in [0.5, 0.6) is 0 Å². The lowest BCUT2D eigenvalue weighted by Gasteiger charge is -2.07. The molecule has 0 atom stereocenters. The topological polar surface area (TPSA) is 103 Å². The molecule has 5 nitrogen and oxygen atoms in total. The van der Waals surface area contributed by atoms with Crippen LogP contribution in [0.4, 0.5) is 5.69 Å². The molecule has 2 rings (SSSR count). The summed E-state index contributed by atoms with van der Waals surface area (Å²) >= 11 is 0. The minimum atomic E-state index is -0.112. The zero-order chi connectivity index (χ0) is 14.5. The number of rotatable bonds is 2. The number of nitrogens with zero attached hydrogens (tertiary/aromatic N) is 2. The summed E-state index contributed by atoms with van der Waals surface area (Å²) in [7, 11) is 0. The van der Waals surface area contributed by atoms with E-state index in [1.807, 2.05) is 49.4 Å². The monoisotopic (exact) mass is 267 g/mol. The lowest BCUT2D eigenvalue weighted by atomic mass is 10.0. The lowest BCUT2D eigenvalue weighted by molar-refractivity contribution is 1.38. The summed E-state index contributed by atoms with van der Waals surface area (Å²) in [4.78, 5) is 7.98. The quantitative estimate of drug-likeness (QED) is 0.571. The highest BCUT2D eigenvalue weighted by molar-refractivity contribution is 5.94. The number of para-hydroxylation sites is 1. The number of aliphatic imine (C=N–C) groups is 2. The fourth-order valence-corrected chi connectivity index (χ4v) is 1.91. The molecule has 2 aromatic rings. The number of hydrogen-bond acceptors (Lipinski definition) is 1. The van der Waals surface area contributed by atoms with Crippen molar-refractivity contribution in [3.05, 3.63) is 54.1 Å². The summed E-state index contributed by atoms with van der Waals surface area (Å²) in [5, 5.41) is 0. The molecular formula is C15H17N5. The molecule has 0 fully saturated rings. The Morgan fingerprint density at radius 3 is 2.40 bits per heavy atom. The van der Waals surface area contributed by atoms with Crippen LogP contribution >= 0.6 is 0 Å². The molecule has 6 N–H and O–H groups in total. The third-order valence-corrected chi connectivity index (χ3v) is 2.71. The van der Waals surface area contributed by atoms with Crippen LogP contribution in [0.2, 0.25) is 0 Å². The van der Waals surface area contributed by atoms with Gasteiger partial charge in [-0.25, -0.2) is 4.99 Å². The second-order valence-corrected chi connectivity index (χ2v) is 4.39. The van der Waals surface area contributed by atoms with Crippen molar-refractivity contribution in [3.63, 3.8) is 0 Å². The molecule has 0 saturated heterocycles. The number of benzene rings is 2. The molecule has 0 spiro atoms. The van der Waals surface area contributed by atoms with E-state index in [2.05, 4.69) is 16.1 Å². The molecular weight excluding hydrogens is 250 g/mol. The molecule has 0 heterocycles. The summed E-state index contributed by atoms with van der Waals surface area (Å²) in [6.07, 6.45) is 0. The minimum absolute atomic E-state index is 0.0325. The maximum atomic E-state index is 5.69. The molecule has 0 aliphatic heterocycles. The van der Waals surface area contributed by atoms with E-state index in [1.54, 1.807) is 0 Å². The molecule has 0 bridgehead atoms. The zero-order valence-corrected chi connectivity index (χ0v) is 11.2. The number of hydrogen-bond donors (Lipinski definition) is 3. The van der Waals surface area contributed by atoms with Gasteiger partial charge in [0, 0.05) is 5.56 Å². The predicted molar refractivity (Wildman–Crippen MR) is 83.7 cm³/mol. The fourth-order valence-electron chi connectivity index (χ4n) is 1.91. The Morgan fingerprint density at radius 1 is 0.950 bits per heavy atom. The second-order valence-electron chi connectivity index (χ2n) is 4.39. The van der Waals surface area contributed by atoms with Gasteiger partial charge >= 0.3 is 0 Å². The first kappa shape index (κ1) is 13.6. The average Bonchev–Trinajstić information content (AvgIpc) is 2.38. The molecule has 0 amide bonds. The van der Waals surface area contributed by atoms with Crippen molar-refractivity contribution in [2.45, 2.75) is 6.92 Å². The lowest BCUT2D eigenvalue weighted by Crippen LogP contribution is -2.26. The summed E-state index contributed by atoms with van der Waals surface area (Å²) < 4.78 is 0. The van der Waals surface area contributed by atoms with E-state index in [0.717, 1.165) is 16.8 Å². The van der Waals surface area contributed by atoms with E-state index >= 15 is 0 Å². The van der Waals surface area contributed by atoms with Crippen molar-refractivity contribution >= 4 is 17.6 Å². The SMILES string of the molecule is Cc1cccc(-c2ccccc2N=C(N)N=C(N)N)c1. The molecule has 0 saturated carbocycles. The van der Waals surface area contributed by atoms with E-state index in [-0.39, 0.29) is 11.9 Å². The van der Waals surface area contributed by atoms with E-state index in [1.165, 1.54) is 5.56 Å². The van der Waals surface area contributed by atoms with E-state index in [0.29, 0.717) is 0 Å². The Labute approximate surface area is 117 Å². The average molecular weight is 267 g/mol. The molecule has 0 unspecified atom stereocenters. The summed E-state index contributed by atoms with van der Waals surface area (Å²) in [5.41, 5.74) is 20.2. The molecule has 5 heteroatoms. The van der Waals surface area contributed by atoms with Gasteiger partial charge in [-0.2, -0.15) is 4.99 Å². The summed E-state index contributed by atoms with van der Waals surface area (Å²) in [5.74, 6) is -0.0793. The first-order valence-electron chi connectivity index (χ1n) is 6.16. The molecule has 20 heavy (non-hydrogen) atoms. The third-order valence-electron chi connectivity index (χ3n) is 2.71. The molecule has 0 aliphatic rings. The smallest absolute Gasteiger partial charge is 0.223 e. The molecule has 0 aromatic heterocycles. The highest BCUT2D eigenvalue weighted by atomic mass is 15.1. The van der Waals surface area contributed by atoms with Crippen LogP contribution in [-0.2, 0) is 0 Å². The molecule has 102 valence electrons. The molecule has 0 radical (unpaired) electrons. The van der Waals surface area contributed by atoms with Gasteiger partial charge in [0.25, 0.3) is 0 Å². The van der Waals surface area contributed by atoms with E-state index < -0.39 is 0 Å². The standard InChI is InChI=1S/C15H17N5/c1-10-5-4-6-11(9-10)12-7-2-3-8-13(12)19-15(18)20-14(16)17/h2-9H,1H3,(H6,16,17,18,19,20). The van der Waals surface area contributed by atoms with Gasteiger partial charge in [0.05, 0.1) is 5.69 Å². The van der Waals surface area contributed by atoms with Gasteiger partial charge in [0.2, 0.25) is 5.96 Å². The van der Waals surface area contributed by atoms with Crippen molar-refractivity contribution in [2.75, 3.05) is 0 Å². The van der Waals surface area contributed by atoms with Crippen molar-refractivity contribution < 1.29 is 0 Å². The fraction of sp³-hybridized carbons (Fsp3) is 0.0667. The second kappa shape index (κ2) is 5.88. The normalized spacial score (nSPS) is 11.2. The van der Waals surface area contributed by atoms with Crippen LogP contribution in [0.25, 0.3) is 11.1 Å². The summed E-state index contributed by atoms with van der Waals surface area (Å²) in [6.45, 7) is 2.04. The Morgan fingerprint density at radius 2 is 1.70 bits per heavy atom. The van der Waals surface area contributed by atoms with Crippen molar-refractivity contribution in [1.29, 1.82) is 0 Å². The Bertz CT molecular complexity index is 669. The van der Waals surface area contributed by atoms with Crippen LogP contribution in [0.3, 0.4) is 0 Å². The summed E-state index contributed by atoms with van der Waals surface area (Å²) in [6, 6.07) is 15.9. The largest absolute Gasteiger partial charge is 0.370 e. The Kier molecular flexibility index (Phi) is 4.00. The van der Waals surface area contributed by atoms with Crippen molar-refractivity contribution in [1.82, 2.24) is 0 Å². The van der Waals surface area contributed by atoms with Crippen LogP contribution in [-0.4, -0.2) is 11.9 Å². The van der Waals surface area contributed by atoms with Crippen LogP contribution in [0.1, 0.15) is 5.56 Å². The predicted octanol–water partition coefficient (Wildman–Crippen LogP) is 1.88. The van der Waals surface area contributed by atoms with Crippen LogP contribution in [0.15, 0.2) is 58.5 Å². The van der Waals surface area contributed by atoms with Gasteiger partial charge in [0.15, 0.2) is 5.96 Å². The van der Waals surface area contributed by atoms with E-state index in [9.17, 15) is 0 Å². The van der Waals surface area contributed by atoms with E-state index in [4.69, 9.17) is 17.2 Å². The number of nitrogens with two attached hydrogens (primary N) is 3. The van der Waals surface area contributed by atoms with Crippen LogP contribution < -0.4 is 17.2 Å². The molecule has 2 aromatic carbocycles. The minimum Gasteiger partial charge on any atom is -0.370 e. The van der Waals surface area contributed by atoms with Gasteiger partial charge in [-0.1, -0.05) is 48.0 Å². The van der Waals surface area contributed by atoms with Crippen LogP contribution in [0, 0.1) is 6.92 Å². The van der Waals surface area contributed by atoms with Gasteiger partial charge < -0.3 is 17.2 Å². The maximum absolute atomic E-state index is 5.69. The van der Waals surface area contributed by atoms with Crippen molar-refractivity contribution in [3.8, 4) is 11.1 Å². The van der Waals surface area contributed by atoms with Gasteiger partial charge in [0.1, 0.15) is 0 Å². The number of guanidine groups is 2.